The second-order valence-electron chi connectivity index (χ2n) is 5.80. The van der Waals surface area contributed by atoms with Crippen LogP contribution in [0, 0.1) is 0 Å². The normalized spacial score (nSPS) is 9.78. The van der Waals surface area contributed by atoms with Gasteiger partial charge in [0.05, 0.1) is 0 Å². The highest BCUT2D eigenvalue weighted by molar-refractivity contribution is 8.87. The molecule has 9 heteroatoms. The maximum Gasteiger partial charge on any atom is 0.383 e. The Hall–Kier alpha value is -2.46. The van der Waals surface area contributed by atoms with Crippen molar-refractivity contribution in [2.75, 3.05) is 0 Å². The summed E-state index contributed by atoms with van der Waals surface area (Å²) in [6, 6.07) is 26.6. The van der Waals surface area contributed by atoms with Gasteiger partial charge < -0.3 is 4.74 Å². The molecule has 0 spiro atoms. The highest BCUT2D eigenvalue weighted by Gasteiger charge is 2.12. The van der Waals surface area contributed by atoms with Gasteiger partial charge in [0.2, 0.25) is 10.2 Å². The maximum atomic E-state index is 11.8. The van der Waals surface area contributed by atoms with Crippen LogP contribution < -0.4 is 4.74 Å². The first kappa shape index (κ1) is 25.8. The van der Waals surface area contributed by atoms with Gasteiger partial charge in [-0.15, -0.1) is 0 Å². The lowest BCUT2D eigenvalue weighted by Crippen LogP contribution is -1.98. The molecule has 0 aliphatic heterocycles. The highest BCUT2D eigenvalue weighted by atomic mass is 33.1. The summed E-state index contributed by atoms with van der Waals surface area (Å²) in [5.41, 5.74) is 1.21. The summed E-state index contributed by atoms with van der Waals surface area (Å²) in [6.45, 7) is 1.40. The van der Waals surface area contributed by atoms with E-state index in [1.165, 1.54) is 6.92 Å². The summed E-state index contributed by atoms with van der Waals surface area (Å²) < 4.78 is 4.92. The summed E-state index contributed by atoms with van der Waals surface area (Å²) in [5.74, 6) is 0.481. The lowest BCUT2D eigenvalue weighted by molar-refractivity contribution is -0.109. The van der Waals surface area contributed by atoms with Crippen molar-refractivity contribution < 1.29 is 23.9 Å². The largest absolute Gasteiger partial charge is 0.418 e. The number of benzene rings is 3. The van der Waals surface area contributed by atoms with Crippen LogP contribution in [0.15, 0.2) is 91.0 Å². The number of para-hydroxylation sites is 1. The Morgan fingerprint density at radius 2 is 0.969 bits per heavy atom. The van der Waals surface area contributed by atoms with Crippen LogP contribution in [-0.4, -0.2) is 20.6 Å². The molecular weight excluding hydrogens is 485 g/mol. The van der Waals surface area contributed by atoms with Gasteiger partial charge in [0, 0.05) is 28.8 Å². The van der Waals surface area contributed by atoms with E-state index in [-0.39, 0.29) is 15.3 Å². The number of rotatable bonds is 3. The first-order valence-electron chi connectivity index (χ1n) is 9.11. The smallest absolute Gasteiger partial charge is 0.383 e. The van der Waals surface area contributed by atoms with Crippen molar-refractivity contribution in [3.05, 3.63) is 102 Å². The van der Waals surface area contributed by atoms with Crippen LogP contribution in [0.25, 0.3) is 0 Å². The Labute approximate surface area is 201 Å². The summed E-state index contributed by atoms with van der Waals surface area (Å²) in [5, 5.41) is -0.828. The average molecular weight is 503 g/mol. The zero-order valence-electron chi connectivity index (χ0n) is 16.8. The van der Waals surface area contributed by atoms with E-state index >= 15 is 0 Å². The molecule has 0 saturated carbocycles. The fraction of sp³-hybridized carbons (Fsp3) is 0.0435. The maximum absolute atomic E-state index is 11.8. The van der Waals surface area contributed by atoms with Gasteiger partial charge in [-0.1, -0.05) is 78.9 Å². The third kappa shape index (κ3) is 10.2. The Kier molecular flexibility index (Phi) is 11.7. The third-order valence-corrected chi connectivity index (χ3v) is 7.30. The number of ether oxygens (including phenoxy) is 1. The van der Waals surface area contributed by atoms with E-state index in [1.807, 2.05) is 18.2 Å². The average Bonchev–Trinajstić information content (AvgIpc) is 2.83. The number of hydrogen-bond acceptors (Lipinski definition) is 9. The van der Waals surface area contributed by atoms with E-state index in [0.29, 0.717) is 16.9 Å². The van der Waals surface area contributed by atoms with Crippen molar-refractivity contribution in [2.24, 2.45) is 0 Å². The molecule has 0 radical (unpaired) electrons. The van der Waals surface area contributed by atoms with Crippen molar-refractivity contribution in [3.63, 3.8) is 0 Å². The monoisotopic (exact) mass is 502 g/mol. The van der Waals surface area contributed by atoms with Gasteiger partial charge >= 0.3 is 5.30 Å². The number of carbonyl (C=O) groups excluding carboxylic acids is 4. The van der Waals surface area contributed by atoms with Crippen LogP contribution in [0.5, 0.6) is 5.75 Å². The topological polar surface area (TPSA) is 77.5 Å². The second-order valence-corrected chi connectivity index (χ2v) is 10.1. The molecule has 164 valence electrons. The van der Waals surface area contributed by atoms with E-state index in [1.54, 1.807) is 72.8 Å². The Bertz CT molecular complexity index is 977. The Morgan fingerprint density at radius 1 is 0.562 bits per heavy atom. The minimum atomic E-state index is -0.489. The van der Waals surface area contributed by atoms with E-state index in [2.05, 4.69) is 0 Å². The summed E-state index contributed by atoms with van der Waals surface area (Å²) >= 11 is 0. The van der Waals surface area contributed by atoms with Gasteiger partial charge in [-0.3, -0.25) is 14.4 Å². The molecule has 5 nitrogen and oxygen atoms in total. The summed E-state index contributed by atoms with van der Waals surface area (Å²) in [7, 11) is 3.57. The van der Waals surface area contributed by atoms with Crippen molar-refractivity contribution >= 4 is 63.8 Å². The minimum absolute atomic E-state index is 0.107. The molecule has 0 aliphatic rings. The Morgan fingerprint density at radius 3 is 1.38 bits per heavy atom. The van der Waals surface area contributed by atoms with Crippen LogP contribution in [0.1, 0.15) is 27.6 Å². The van der Waals surface area contributed by atoms with E-state index < -0.39 is 5.30 Å². The quantitative estimate of drug-likeness (QED) is 0.274. The molecule has 3 aromatic rings. The van der Waals surface area contributed by atoms with Gasteiger partial charge in [0.15, 0.2) is 5.12 Å². The lowest BCUT2D eigenvalue weighted by Gasteiger charge is -2.00. The number of carbonyl (C=O) groups is 4. The van der Waals surface area contributed by atoms with Crippen molar-refractivity contribution in [2.45, 2.75) is 6.92 Å². The predicted octanol–water partition coefficient (Wildman–Crippen LogP) is 7.16. The second kappa shape index (κ2) is 14.6. The summed E-state index contributed by atoms with van der Waals surface area (Å²) in [4.78, 5) is 45.2. The fourth-order valence-electron chi connectivity index (χ4n) is 2.01. The van der Waals surface area contributed by atoms with E-state index in [4.69, 9.17) is 4.74 Å². The lowest BCUT2D eigenvalue weighted by atomic mass is 10.2. The van der Waals surface area contributed by atoms with Gasteiger partial charge in [-0.25, -0.2) is 4.79 Å². The van der Waals surface area contributed by atoms with Crippen LogP contribution in [-0.2, 0) is 4.79 Å². The molecule has 0 saturated heterocycles. The van der Waals surface area contributed by atoms with Gasteiger partial charge in [-0.05, 0) is 44.5 Å². The molecule has 32 heavy (non-hydrogen) atoms. The van der Waals surface area contributed by atoms with Crippen LogP contribution in [0.4, 0.5) is 4.79 Å². The number of hydrogen-bond donors (Lipinski definition) is 0. The van der Waals surface area contributed by atoms with Crippen molar-refractivity contribution in [1.82, 2.24) is 0 Å². The van der Waals surface area contributed by atoms with Crippen LogP contribution >= 0.6 is 43.2 Å². The summed E-state index contributed by atoms with van der Waals surface area (Å²) in [6.07, 6.45) is 0. The van der Waals surface area contributed by atoms with Crippen LogP contribution in [0.3, 0.4) is 0 Å². The Balaban J connectivity index is 0.000000235. The molecular formula is C23H18O5S4. The molecule has 0 N–H and O–H groups in total. The highest BCUT2D eigenvalue weighted by Crippen LogP contribution is 2.29. The molecule has 0 unspecified atom stereocenters. The molecule has 0 heterocycles. The fourth-order valence-corrected chi connectivity index (χ4v) is 4.64. The van der Waals surface area contributed by atoms with E-state index in [9.17, 15) is 19.2 Å². The molecule has 0 bridgehead atoms. The minimum Gasteiger partial charge on any atom is -0.418 e. The molecule has 0 fully saturated rings. The predicted molar refractivity (Wildman–Crippen MR) is 135 cm³/mol. The van der Waals surface area contributed by atoms with Gasteiger partial charge in [0.1, 0.15) is 5.75 Å². The van der Waals surface area contributed by atoms with Gasteiger partial charge in [0.25, 0.3) is 0 Å². The van der Waals surface area contributed by atoms with Crippen LogP contribution in [0.2, 0.25) is 0 Å². The molecule has 3 rings (SSSR count). The zero-order chi connectivity index (χ0) is 23.2. The standard InChI is InChI=1S/C14H10O2S2.C9H8O3S2/c15-13(11-7-3-1-4-8-11)17-18-14(16)12-9-5-2-6-10-12;1-7(10)13-14-9(11)12-8-5-3-2-4-6-8/h1-10H;2-6H,1H3. The molecule has 3 aromatic carbocycles. The molecule has 0 amide bonds. The molecule has 0 aliphatic carbocycles. The van der Waals surface area contributed by atoms with E-state index in [0.717, 1.165) is 43.2 Å². The van der Waals surface area contributed by atoms with Crippen molar-refractivity contribution in [1.29, 1.82) is 0 Å². The SMILES string of the molecule is CC(=O)SSC(=O)Oc1ccccc1.O=C(SSC(=O)c1ccccc1)c1ccccc1. The third-order valence-electron chi connectivity index (χ3n) is 3.38. The zero-order valence-corrected chi connectivity index (χ0v) is 20.1. The first-order chi connectivity index (χ1) is 15.5. The van der Waals surface area contributed by atoms with Gasteiger partial charge in [-0.2, -0.15) is 0 Å². The molecule has 0 atom stereocenters. The first-order valence-corrected chi connectivity index (χ1v) is 13.4. The van der Waals surface area contributed by atoms with Crippen molar-refractivity contribution in [3.8, 4) is 5.75 Å². The molecule has 0 aromatic heterocycles.